The third kappa shape index (κ3) is 5.30. The Morgan fingerprint density at radius 1 is 1.47 bits per heavy atom. The number of para-hydroxylation sites is 1. The number of anilines is 1. The Kier molecular flexibility index (Phi) is 6.35. The Hall–Kier alpha value is -1.56. The molecule has 3 nitrogen and oxygen atoms in total. The van der Waals surface area contributed by atoms with E-state index in [9.17, 15) is 13.6 Å². The fourth-order valence-electron chi connectivity index (χ4n) is 1.32. The summed E-state index contributed by atoms with van der Waals surface area (Å²) < 4.78 is 29.5. The maximum atomic E-state index is 12.4. The van der Waals surface area contributed by atoms with Gasteiger partial charge in [0.1, 0.15) is 0 Å². The number of alkyl halides is 2. The van der Waals surface area contributed by atoms with Gasteiger partial charge in [-0.25, -0.2) is 4.79 Å². The average Bonchev–Trinajstić information content (AvgIpc) is 2.37. The molecule has 0 amide bonds. The normalized spacial score (nSPS) is 10.3. The Labute approximate surface area is 115 Å². The summed E-state index contributed by atoms with van der Waals surface area (Å²) in [5.41, 5.74) is 0.789. The van der Waals surface area contributed by atoms with Gasteiger partial charge in [0, 0.05) is 22.7 Å². The van der Waals surface area contributed by atoms with Crippen LogP contribution in [0.1, 0.15) is 6.92 Å². The van der Waals surface area contributed by atoms with Crippen molar-refractivity contribution < 1.29 is 18.3 Å². The van der Waals surface area contributed by atoms with Gasteiger partial charge >= 0.3 is 5.97 Å². The molecule has 0 aromatic heterocycles. The summed E-state index contributed by atoms with van der Waals surface area (Å²) in [5, 5.41) is 2.90. The van der Waals surface area contributed by atoms with Gasteiger partial charge < -0.3 is 10.1 Å². The molecule has 0 saturated heterocycles. The monoisotopic (exact) mass is 287 g/mol. The van der Waals surface area contributed by atoms with Crippen molar-refractivity contribution in [3.63, 3.8) is 0 Å². The van der Waals surface area contributed by atoms with Crippen molar-refractivity contribution in [1.82, 2.24) is 0 Å². The lowest BCUT2D eigenvalue weighted by Crippen LogP contribution is -2.15. The largest absolute Gasteiger partial charge is 0.463 e. The minimum Gasteiger partial charge on any atom is -0.463 e. The number of halogens is 2. The number of esters is 1. The Bertz CT molecular complexity index is 452. The van der Waals surface area contributed by atoms with Crippen LogP contribution in [0.3, 0.4) is 0 Å². The zero-order chi connectivity index (χ0) is 14.3. The first kappa shape index (κ1) is 15.5. The minimum atomic E-state index is -2.49. The van der Waals surface area contributed by atoms with Crippen molar-refractivity contribution in [3.8, 4) is 0 Å². The van der Waals surface area contributed by atoms with Gasteiger partial charge in [-0.15, -0.1) is 0 Å². The van der Waals surface area contributed by atoms with E-state index in [1.165, 1.54) is 0 Å². The molecule has 0 aliphatic heterocycles. The summed E-state index contributed by atoms with van der Waals surface area (Å²) in [6, 6.07) is 6.66. The van der Waals surface area contributed by atoms with Crippen LogP contribution in [0.25, 0.3) is 0 Å². The standard InChI is InChI=1S/C13H15F2NO2S/c1-3-18-12(17)9(2)8-16-10-6-4-5-7-11(10)19-13(14)15/h4-7,13,16H,2-3,8H2,1H3. The zero-order valence-corrected chi connectivity index (χ0v) is 11.3. The van der Waals surface area contributed by atoms with Crippen LogP contribution >= 0.6 is 11.8 Å². The second-order valence-corrected chi connectivity index (χ2v) is 4.58. The Morgan fingerprint density at radius 3 is 2.79 bits per heavy atom. The predicted octanol–water partition coefficient (Wildman–Crippen LogP) is 3.53. The van der Waals surface area contributed by atoms with Crippen LogP contribution in [0.5, 0.6) is 0 Å². The van der Waals surface area contributed by atoms with Gasteiger partial charge in [0.25, 0.3) is 5.76 Å². The highest BCUT2D eigenvalue weighted by Crippen LogP contribution is 2.31. The molecule has 0 heterocycles. The predicted molar refractivity (Wildman–Crippen MR) is 72.6 cm³/mol. The lowest BCUT2D eigenvalue weighted by atomic mass is 10.2. The van der Waals surface area contributed by atoms with Crippen LogP contribution < -0.4 is 5.32 Å². The molecule has 1 aromatic rings. The molecule has 0 fully saturated rings. The molecule has 0 radical (unpaired) electrons. The fraction of sp³-hybridized carbons (Fsp3) is 0.308. The van der Waals surface area contributed by atoms with E-state index < -0.39 is 11.7 Å². The molecular weight excluding hydrogens is 272 g/mol. The molecule has 0 bridgehead atoms. The van der Waals surface area contributed by atoms with Crippen molar-refractivity contribution >= 4 is 23.4 Å². The smallest absolute Gasteiger partial charge is 0.335 e. The van der Waals surface area contributed by atoms with Crippen LogP contribution in [-0.4, -0.2) is 24.9 Å². The third-order valence-corrected chi connectivity index (χ3v) is 2.95. The fourth-order valence-corrected chi connectivity index (χ4v) is 1.93. The molecule has 1 N–H and O–H groups in total. The molecule has 19 heavy (non-hydrogen) atoms. The molecule has 1 aromatic carbocycles. The summed E-state index contributed by atoms with van der Waals surface area (Å²) in [5.74, 6) is -2.98. The topological polar surface area (TPSA) is 38.3 Å². The van der Waals surface area contributed by atoms with Crippen LogP contribution in [-0.2, 0) is 9.53 Å². The Balaban J connectivity index is 2.62. The summed E-state index contributed by atoms with van der Waals surface area (Å²) in [6.45, 7) is 5.71. The third-order valence-electron chi connectivity index (χ3n) is 2.16. The number of hydrogen-bond donors (Lipinski definition) is 1. The van der Waals surface area contributed by atoms with Gasteiger partial charge in [-0.1, -0.05) is 30.5 Å². The molecule has 0 atom stereocenters. The van der Waals surface area contributed by atoms with E-state index in [-0.39, 0.29) is 18.7 Å². The molecule has 104 valence electrons. The van der Waals surface area contributed by atoms with E-state index in [1.54, 1.807) is 31.2 Å². The number of nitrogens with one attached hydrogen (secondary N) is 1. The number of rotatable bonds is 7. The molecule has 0 saturated carbocycles. The van der Waals surface area contributed by atoms with Crippen molar-refractivity contribution in [1.29, 1.82) is 0 Å². The quantitative estimate of drug-likeness (QED) is 0.473. The maximum absolute atomic E-state index is 12.4. The van der Waals surface area contributed by atoms with Crippen molar-refractivity contribution in [2.45, 2.75) is 17.6 Å². The summed E-state index contributed by atoms with van der Waals surface area (Å²) in [6.07, 6.45) is 0. The maximum Gasteiger partial charge on any atom is 0.335 e. The summed E-state index contributed by atoms with van der Waals surface area (Å²) in [4.78, 5) is 11.8. The number of ether oxygens (including phenoxy) is 1. The second-order valence-electron chi connectivity index (χ2n) is 3.55. The first-order valence-electron chi connectivity index (χ1n) is 5.67. The van der Waals surface area contributed by atoms with Crippen molar-refractivity contribution in [3.05, 3.63) is 36.4 Å². The summed E-state index contributed by atoms with van der Waals surface area (Å²) in [7, 11) is 0. The molecule has 0 unspecified atom stereocenters. The van der Waals surface area contributed by atoms with E-state index in [1.807, 2.05) is 0 Å². The van der Waals surface area contributed by atoms with Crippen LogP contribution in [0.15, 0.2) is 41.3 Å². The number of carbonyl (C=O) groups excluding carboxylic acids is 1. The van der Waals surface area contributed by atoms with E-state index in [0.717, 1.165) is 0 Å². The highest BCUT2D eigenvalue weighted by atomic mass is 32.2. The van der Waals surface area contributed by atoms with Crippen LogP contribution in [0, 0.1) is 0 Å². The first-order chi connectivity index (χ1) is 9.04. The minimum absolute atomic E-state index is 0.152. The molecular formula is C13H15F2NO2S. The number of thioether (sulfide) groups is 1. The number of benzene rings is 1. The number of carbonyl (C=O) groups is 1. The van der Waals surface area contributed by atoms with Crippen LogP contribution in [0.4, 0.5) is 14.5 Å². The van der Waals surface area contributed by atoms with E-state index in [0.29, 0.717) is 22.3 Å². The molecule has 1 rings (SSSR count). The second kappa shape index (κ2) is 7.78. The van der Waals surface area contributed by atoms with Crippen LogP contribution in [0.2, 0.25) is 0 Å². The highest BCUT2D eigenvalue weighted by Gasteiger charge is 2.11. The van der Waals surface area contributed by atoms with E-state index >= 15 is 0 Å². The SMILES string of the molecule is C=C(CNc1ccccc1SC(F)F)C(=O)OCC. The lowest BCUT2D eigenvalue weighted by Gasteiger charge is -2.12. The van der Waals surface area contributed by atoms with Gasteiger partial charge in [0.15, 0.2) is 0 Å². The molecule has 0 aliphatic rings. The van der Waals surface area contributed by atoms with E-state index in [2.05, 4.69) is 11.9 Å². The van der Waals surface area contributed by atoms with Gasteiger partial charge in [-0.3, -0.25) is 0 Å². The average molecular weight is 287 g/mol. The lowest BCUT2D eigenvalue weighted by molar-refractivity contribution is -0.138. The number of hydrogen-bond acceptors (Lipinski definition) is 4. The molecule has 0 aliphatic carbocycles. The summed E-state index contributed by atoms with van der Waals surface area (Å²) >= 11 is 0.454. The van der Waals surface area contributed by atoms with Gasteiger partial charge in [-0.05, 0) is 19.1 Å². The van der Waals surface area contributed by atoms with Gasteiger partial charge in [0.05, 0.1) is 6.61 Å². The highest BCUT2D eigenvalue weighted by molar-refractivity contribution is 7.99. The zero-order valence-electron chi connectivity index (χ0n) is 10.5. The first-order valence-corrected chi connectivity index (χ1v) is 6.55. The Morgan fingerprint density at radius 2 is 2.16 bits per heavy atom. The van der Waals surface area contributed by atoms with E-state index in [4.69, 9.17) is 4.74 Å². The van der Waals surface area contributed by atoms with Gasteiger partial charge in [-0.2, -0.15) is 8.78 Å². The van der Waals surface area contributed by atoms with Gasteiger partial charge in [0.2, 0.25) is 0 Å². The van der Waals surface area contributed by atoms with Crippen molar-refractivity contribution in [2.24, 2.45) is 0 Å². The van der Waals surface area contributed by atoms with Crippen molar-refractivity contribution in [2.75, 3.05) is 18.5 Å². The molecule has 6 heteroatoms. The molecule has 0 spiro atoms.